The molecule has 1 aliphatic rings. The molecule has 0 spiro atoms. The van der Waals surface area contributed by atoms with Gasteiger partial charge < -0.3 is 19.7 Å². The van der Waals surface area contributed by atoms with Gasteiger partial charge in [0, 0.05) is 24.1 Å². The summed E-state index contributed by atoms with van der Waals surface area (Å²) in [5, 5.41) is 2.85. The average molecular weight is 423 g/mol. The number of nitrogens with zero attached hydrogens (tertiary/aromatic N) is 1. The fraction of sp³-hybridized carbons (Fsp3) is 0.316. The van der Waals surface area contributed by atoms with Gasteiger partial charge in [-0.2, -0.15) is 0 Å². The van der Waals surface area contributed by atoms with E-state index in [2.05, 4.69) is 21.2 Å². The smallest absolute Gasteiger partial charge is 0.317 e. The second-order valence-corrected chi connectivity index (χ2v) is 6.84. The van der Waals surface area contributed by atoms with Crippen LogP contribution in [0.2, 0.25) is 0 Å². The number of hydrogen-bond donors (Lipinski definition) is 1. The number of rotatable bonds is 6. The van der Waals surface area contributed by atoms with Crippen LogP contribution in [0, 0.1) is 5.82 Å². The summed E-state index contributed by atoms with van der Waals surface area (Å²) in [4.78, 5) is 14.1. The zero-order chi connectivity index (χ0) is 18.5. The molecule has 5 nitrogen and oxygen atoms in total. The molecule has 0 radical (unpaired) electrons. The Kier molecular flexibility index (Phi) is 5.98. The highest BCUT2D eigenvalue weighted by molar-refractivity contribution is 9.10. The van der Waals surface area contributed by atoms with Gasteiger partial charge in [0.05, 0.1) is 0 Å². The molecule has 0 unspecified atom stereocenters. The van der Waals surface area contributed by atoms with E-state index in [0.29, 0.717) is 37.4 Å². The zero-order valence-corrected chi connectivity index (χ0v) is 16.0. The van der Waals surface area contributed by atoms with Crippen LogP contribution in [-0.4, -0.2) is 30.8 Å². The number of nitrogens with one attached hydrogen (secondary N) is 1. The molecule has 26 heavy (non-hydrogen) atoms. The third-order valence-electron chi connectivity index (χ3n) is 4.16. The average Bonchev–Trinajstić information content (AvgIpc) is 3.10. The first-order valence-electron chi connectivity index (χ1n) is 8.42. The Morgan fingerprint density at radius 1 is 1.23 bits per heavy atom. The lowest BCUT2D eigenvalue weighted by Crippen LogP contribution is -2.40. The van der Waals surface area contributed by atoms with Crippen molar-refractivity contribution in [2.24, 2.45) is 0 Å². The van der Waals surface area contributed by atoms with Gasteiger partial charge in [0.25, 0.3) is 0 Å². The van der Waals surface area contributed by atoms with Crippen molar-refractivity contribution in [3.63, 3.8) is 0 Å². The van der Waals surface area contributed by atoms with Crippen molar-refractivity contribution in [3.05, 3.63) is 57.8 Å². The largest absolute Gasteiger partial charge is 0.454 e. The summed E-state index contributed by atoms with van der Waals surface area (Å²) in [7, 11) is 0. The number of carbonyl (C=O) groups is 1. The summed E-state index contributed by atoms with van der Waals surface area (Å²) in [6.07, 6.45) is 0.429. The monoisotopic (exact) mass is 422 g/mol. The lowest BCUT2D eigenvalue weighted by molar-refractivity contribution is 0.173. The molecule has 0 atom stereocenters. The van der Waals surface area contributed by atoms with E-state index >= 15 is 0 Å². The topological polar surface area (TPSA) is 50.8 Å². The second kappa shape index (κ2) is 8.40. The molecule has 138 valence electrons. The first kappa shape index (κ1) is 18.5. The first-order chi connectivity index (χ1) is 12.6. The van der Waals surface area contributed by atoms with E-state index in [1.54, 1.807) is 17.0 Å². The molecule has 3 rings (SSSR count). The van der Waals surface area contributed by atoms with E-state index in [1.807, 2.05) is 25.1 Å². The van der Waals surface area contributed by atoms with E-state index in [1.165, 1.54) is 6.07 Å². The lowest BCUT2D eigenvalue weighted by atomic mass is 10.1. The summed E-state index contributed by atoms with van der Waals surface area (Å²) in [5.74, 6) is 1.15. The van der Waals surface area contributed by atoms with Gasteiger partial charge in [0.1, 0.15) is 5.82 Å². The number of carbonyl (C=O) groups excluding carboxylic acids is 1. The first-order valence-corrected chi connectivity index (χ1v) is 9.21. The number of hydrogen-bond acceptors (Lipinski definition) is 3. The number of amides is 2. The predicted molar refractivity (Wildman–Crippen MR) is 99.9 cm³/mol. The Balaban J connectivity index is 1.54. The lowest BCUT2D eigenvalue weighted by Gasteiger charge is -2.21. The number of ether oxygens (including phenoxy) is 2. The highest BCUT2D eigenvalue weighted by Gasteiger charge is 2.16. The molecule has 1 aliphatic heterocycles. The van der Waals surface area contributed by atoms with E-state index < -0.39 is 0 Å². The van der Waals surface area contributed by atoms with Gasteiger partial charge in [-0.15, -0.1) is 0 Å². The molecule has 2 aromatic rings. The van der Waals surface area contributed by atoms with Gasteiger partial charge in [-0.05, 0) is 54.8 Å². The molecule has 1 heterocycles. The predicted octanol–water partition coefficient (Wildman–Crippen LogP) is 4.09. The van der Waals surface area contributed by atoms with Crippen LogP contribution < -0.4 is 14.8 Å². The minimum atomic E-state index is -0.268. The van der Waals surface area contributed by atoms with Gasteiger partial charge in [-0.25, -0.2) is 9.18 Å². The maximum Gasteiger partial charge on any atom is 0.317 e. The van der Waals surface area contributed by atoms with Gasteiger partial charge in [-0.3, -0.25) is 0 Å². The fourth-order valence-corrected chi connectivity index (χ4v) is 3.15. The molecule has 2 aromatic carbocycles. The maximum absolute atomic E-state index is 13.7. The standard InChI is InChI=1S/C19H20BrFN2O3/c1-2-23(11-13-3-6-17-18(9-13)26-12-25-17)19(24)22-8-7-14-10-15(20)4-5-16(14)21/h3-6,9-10H,2,7-8,11-12H2,1H3,(H,22,24). The summed E-state index contributed by atoms with van der Waals surface area (Å²) < 4.78 is 25.2. The highest BCUT2D eigenvalue weighted by atomic mass is 79.9. The third kappa shape index (κ3) is 4.46. The summed E-state index contributed by atoms with van der Waals surface area (Å²) in [5.41, 5.74) is 1.53. The summed E-state index contributed by atoms with van der Waals surface area (Å²) in [6, 6.07) is 10.3. The van der Waals surface area contributed by atoms with E-state index in [0.717, 1.165) is 15.8 Å². The van der Waals surface area contributed by atoms with Crippen molar-refractivity contribution in [1.29, 1.82) is 0 Å². The normalized spacial score (nSPS) is 12.1. The minimum Gasteiger partial charge on any atom is -0.454 e. The van der Waals surface area contributed by atoms with Crippen LogP contribution in [-0.2, 0) is 13.0 Å². The van der Waals surface area contributed by atoms with Crippen molar-refractivity contribution < 1.29 is 18.7 Å². The Bertz CT molecular complexity index is 800. The van der Waals surface area contributed by atoms with E-state index in [-0.39, 0.29) is 18.6 Å². The van der Waals surface area contributed by atoms with Crippen LogP contribution in [0.1, 0.15) is 18.1 Å². The molecule has 1 N–H and O–H groups in total. The van der Waals surface area contributed by atoms with E-state index in [9.17, 15) is 9.18 Å². The maximum atomic E-state index is 13.7. The van der Waals surface area contributed by atoms with Gasteiger partial charge in [0.15, 0.2) is 11.5 Å². The van der Waals surface area contributed by atoms with Crippen LogP contribution in [0.4, 0.5) is 9.18 Å². The summed E-state index contributed by atoms with van der Waals surface area (Å²) >= 11 is 3.33. The van der Waals surface area contributed by atoms with Crippen molar-refractivity contribution in [2.75, 3.05) is 19.9 Å². The van der Waals surface area contributed by atoms with Gasteiger partial charge in [-0.1, -0.05) is 22.0 Å². The number of halogens is 2. The van der Waals surface area contributed by atoms with Crippen LogP contribution in [0.5, 0.6) is 11.5 Å². The van der Waals surface area contributed by atoms with Crippen molar-refractivity contribution in [2.45, 2.75) is 19.9 Å². The van der Waals surface area contributed by atoms with Crippen LogP contribution in [0.15, 0.2) is 40.9 Å². The number of urea groups is 1. The Morgan fingerprint density at radius 3 is 2.85 bits per heavy atom. The molecule has 0 saturated heterocycles. The third-order valence-corrected chi connectivity index (χ3v) is 4.65. The molecule has 0 aromatic heterocycles. The molecular weight excluding hydrogens is 403 g/mol. The molecule has 0 saturated carbocycles. The van der Waals surface area contributed by atoms with Crippen LogP contribution in [0.25, 0.3) is 0 Å². The molecule has 0 fully saturated rings. The van der Waals surface area contributed by atoms with Crippen LogP contribution in [0.3, 0.4) is 0 Å². The highest BCUT2D eigenvalue weighted by Crippen LogP contribution is 2.32. The number of benzene rings is 2. The van der Waals surface area contributed by atoms with Gasteiger partial charge in [0.2, 0.25) is 6.79 Å². The molecule has 7 heteroatoms. The molecular formula is C19H20BrFN2O3. The Hall–Kier alpha value is -2.28. The summed E-state index contributed by atoms with van der Waals surface area (Å²) in [6.45, 7) is 3.53. The quantitative estimate of drug-likeness (QED) is 0.762. The molecule has 0 aliphatic carbocycles. The van der Waals surface area contributed by atoms with Crippen LogP contribution >= 0.6 is 15.9 Å². The fourth-order valence-electron chi connectivity index (χ4n) is 2.74. The molecule has 0 bridgehead atoms. The zero-order valence-electron chi connectivity index (χ0n) is 14.4. The van der Waals surface area contributed by atoms with Crippen molar-refractivity contribution in [3.8, 4) is 11.5 Å². The Labute approximate surface area is 160 Å². The van der Waals surface area contributed by atoms with Crippen molar-refractivity contribution in [1.82, 2.24) is 10.2 Å². The SMILES string of the molecule is CCN(Cc1ccc2c(c1)OCO2)C(=O)NCCc1cc(Br)ccc1F. The van der Waals surface area contributed by atoms with Gasteiger partial charge >= 0.3 is 6.03 Å². The number of fused-ring (bicyclic) bond motifs is 1. The van der Waals surface area contributed by atoms with E-state index in [4.69, 9.17) is 9.47 Å². The Morgan fingerprint density at radius 2 is 2.04 bits per heavy atom. The van der Waals surface area contributed by atoms with Crippen molar-refractivity contribution >= 4 is 22.0 Å². The second-order valence-electron chi connectivity index (χ2n) is 5.92. The minimum absolute atomic E-state index is 0.180. The molecule has 2 amide bonds.